The summed E-state index contributed by atoms with van der Waals surface area (Å²) in [6.45, 7) is 0. The van der Waals surface area contributed by atoms with E-state index in [0.717, 1.165) is 50.4 Å². The van der Waals surface area contributed by atoms with Gasteiger partial charge in [0, 0.05) is 11.6 Å². The zero-order valence-corrected chi connectivity index (χ0v) is 16.3. The third kappa shape index (κ3) is 2.24. The van der Waals surface area contributed by atoms with Gasteiger partial charge in [-0.2, -0.15) is 4.98 Å². The van der Waals surface area contributed by atoms with Gasteiger partial charge in [0.25, 0.3) is 0 Å². The molecule has 2 aromatic carbocycles. The van der Waals surface area contributed by atoms with Crippen LogP contribution < -0.4 is 0 Å². The molecule has 5 heterocycles. The molecule has 0 radical (unpaired) electrons. The Kier molecular flexibility index (Phi) is 3.18. The standard InChI is InChI=1S/C25H15N5O/c1-4-11-22-17(7-1)23-24(31-22)28-25-29(20-9-2-3-10-21(20)30(23)25)16-12-13-19(27-15-16)18-8-5-6-14-26-18/h1-15H. The number of pyridine rings is 2. The first-order valence-corrected chi connectivity index (χ1v) is 10.1. The maximum Gasteiger partial charge on any atom is 0.248 e. The first kappa shape index (κ1) is 16.4. The minimum absolute atomic E-state index is 0.633. The Bertz CT molecular complexity index is 1720. The van der Waals surface area contributed by atoms with Crippen molar-refractivity contribution >= 4 is 39.0 Å². The molecule has 0 aliphatic rings. The highest BCUT2D eigenvalue weighted by Crippen LogP contribution is 2.34. The van der Waals surface area contributed by atoms with Gasteiger partial charge >= 0.3 is 0 Å². The molecule has 0 fully saturated rings. The Morgan fingerprint density at radius 1 is 0.710 bits per heavy atom. The summed E-state index contributed by atoms with van der Waals surface area (Å²) in [5.41, 5.74) is 7.20. The normalized spacial score (nSPS) is 11.9. The first-order valence-electron chi connectivity index (χ1n) is 10.1. The molecule has 5 aromatic heterocycles. The van der Waals surface area contributed by atoms with Crippen LogP contribution in [0.2, 0.25) is 0 Å². The summed E-state index contributed by atoms with van der Waals surface area (Å²) in [7, 11) is 0. The molecule has 0 saturated carbocycles. The van der Waals surface area contributed by atoms with Gasteiger partial charge < -0.3 is 4.42 Å². The van der Waals surface area contributed by atoms with E-state index in [0.29, 0.717) is 5.71 Å². The van der Waals surface area contributed by atoms with Gasteiger partial charge in [0.1, 0.15) is 11.1 Å². The van der Waals surface area contributed by atoms with Crippen LogP contribution >= 0.6 is 0 Å². The van der Waals surface area contributed by atoms with Gasteiger partial charge in [-0.3, -0.25) is 18.9 Å². The molecule has 0 amide bonds. The van der Waals surface area contributed by atoms with Crippen molar-refractivity contribution in [1.29, 1.82) is 0 Å². The highest BCUT2D eigenvalue weighted by molar-refractivity contribution is 6.05. The summed E-state index contributed by atoms with van der Waals surface area (Å²) < 4.78 is 10.3. The maximum absolute atomic E-state index is 6.04. The van der Waals surface area contributed by atoms with Crippen molar-refractivity contribution in [1.82, 2.24) is 23.9 Å². The molecule has 0 atom stereocenters. The third-order valence-electron chi connectivity index (χ3n) is 5.67. The van der Waals surface area contributed by atoms with Gasteiger partial charge in [-0.05, 0) is 48.5 Å². The predicted octanol–water partition coefficient (Wildman–Crippen LogP) is 5.63. The van der Waals surface area contributed by atoms with Crippen LogP contribution in [0.4, 0.5) is 0 Å². The Morgan fingerprint density at radius 2 is 1.52 bits per heavy atom. The van der Waals surface area contributed by atoms with Gasteiger partial charge in [-0.25, -0.2) is 0 Å². The summed E-state index contributed by atoms with van der Waals surface area (Å²) in [4.78, 5) is 13.9. The van der Waals surface area contributed by atoms with Crippen LogP contribution in [0.15, 0.2) is 95.7 Å². The Labute approximate surface area is 176 Å². The minimum atomic E-state index is 0.633. The molecule has 7 rings (SSSR count). The number of fused-ring (bicyclic) bond motifs is 7. The lowest BCUT2D eigenvalue weighted by atomic mass is 10.2. The molecule has 146 valence electrons. The molecule has 6 nitrogen and oxygen atoms in total. The third-order valence-corrected chi connectivity index (χ3v) is 5.67. The maximum atomic E-state index is 6.04. The van der Waals surface area contributed by atoms with Crippen LogP contribution in [0.1, 0.15) is 0 Å². The van der Waals surface area contributed by atoms with Gasteiger partial charge in [0.2, 0.25) is 11.5 Å². The van der Waals surface area contributed by atoms with Gasteiger partial charge in [0.05, 0.1) is 34.3 Å². The summed E-state index contributed by atoms with van der Waals surface area (Å²) >= 11 is 0. The van der Waals surface area contributed by atoms with Crippen LogP contribution in [0.3, 0.4) is 0 Å². The highest BCUT2D eigenvalue weighted by Gasteiger charge is 2.21. The number of aromatic nitrogens is 5. The quantitative estimate of drug-likeness (QED) is 0.376. The number of furan rings is 1. The van der Waals surface area contributed by atoms with Crippen LogP contribution in [0.25, 0.3) is 56.1 Å². The summed E-state index contributed by atoms with van der Waals surface area (Å²) in [6.07, 6.45) is 3.64. The van der Waals surface area contributed by atoms with Crippen molar-refractivity contribution in [3.8, 4) is 17.1 Å². The number of hydrogen-bond donors (Lipinski definition) is 0. The van der Waals surface area contributed by atoms with Crippen molar-refractivity contribution in [2.45, 2.75) is 0 Å². The van der Waals surface area contributed by atoms with Crippen molar-refractivity contribution < 1.29 is 4.42 Å². The van der Waals surface area contributed by atoms with Gasteiger partial charge in [-0.1, -0.05) is 30.3 Å². The number of benzene rings is 2. The fourth-order valence-corrected chi connectivity index (χ4v) is 4.32. The summed E-state index contributed by atoms with van der Waals surface area (Å²) in [5, 5.41) is 1.05. The van der Waals surface area contributed by atoms with E-state index in [9.17, 15) is 0 Å². The van der Waals surface area contributed by atoms with Gasteiger partial charge in [-0.15, -0.1) is 0 Å². The van der Waals surface area contributed by atoms with Crippen molar-refractivity contribution in [3.63, 3.8) is 0 Å². The molecule has 0 aliphatic heterocycles. The van der Waals surface area contributed by atoms with Crippen molar-refractivity contribution in [3.05, 3.63) is 91.3 Å². The number of para-hydroxylation sites is 3. The van der Waals surface area contributed by atoms with E-state index in [1.165, 1.54) is 0 Å². The first-order chi connectivity index (χ1) is 15.4. The second-order valence-corrected chi connectivity index (χ2v) is 7.44. The Morgan fingerprint density at radius 3 is 2.35 bits per heavy atom. The second-order valence-electron chi connectivity index (χ2n) is 7.44. The number of hydrogen-bond acceptors (Lipinski definition) is 4. The molecular formula is C25H15N5O. The summed E-state index contributed by atoms with van der Waals surface area (Å²) in [6, 6.07) is 26.2. The fourth-order valence-electron chi connectivity index (χ4n) is 4.32. The Hall–Kier alpha value is -4.45. The van der Waals surface area contributed by atoms with Crippen LogP contribution in [0, 0.1) is 0 Å². The van der Waals surface area contributed by atoms with E-state index in [2.05, 4.69) is 43.2 Å². The van der Waals surface area contributed by atoms with Crippen LogP contribution in [-0.4, -0.2) is 23.9 Å². The molecule has 0 saturated heterocycles. The lowest BCUT2D eigenvalue weighted by molar-refractivity contribution is 0.656. The molecule has 31 heavy (non-hydrogen) atoms. The zero-order chi connectivity index (χ0) is 20.4. The molecule has 7 aromatic rings. The smallest absolute Gasteiger partial charge is 0.248 e. The van der Waals surface area contributed by atoms with E-state index in [-0.39, 0.29) is 0 Å². The second kappa shape index (κ2) is 6.03. The van der Waals surface area contributed by atoms with E-state index < -0.39 is 0 Å². The largest absolute Gasteiger partial charge is 0.436 e. The molecule has 0 N–H and O–H groups in total. The SMILES string of the molecule is c1ccc(-c2ccc(-n3c4ccccc4n4c5c(nc34)oc3ccccc35)cn2)nc1. The lowest BCUT2D eigenvalue weighted by Crippen LogP contribution is -1.97. The summed E-state index contributed by atoms with van der Waals surface area (Å²) in [5.74, 6) is 0.799. The topological polar surface area (TPSA) is 61.2 Å². The zero-order valence-electron chi connectivity index (χ0n) is 16.3. The van der Waals surface area contributed by atoms with Crippen molar-refractivity contribution in [2.24, 2.45) is 0 Å². The molecule has 6 heteroatoms. The van der Waals surface area contributed by atoms with Gasteiger partial charge in [0.15, 0.2) is 0 Å². The van der Waals surface area contributed by atoms with E-state index in [4.69, 9.17) is 9.40 Å². The van der Waals surface area contributed by atoms with Crippen molar-refractivity contribution in [2.75, 3.05) is 0 Å². The van der Waals surface area contributed by atoms with Crippen LogP contribution in [-0.2, 0) is 0 Å². The number of nitrogens with zero attached hydrogens (tertiary/aromatic N) is 5. The van der Waals surface area contributed by atoms with E-state index in [1.54, 1.807) is 6.20 Å². The molecule has 0 aliphatic carbocycles. The predicted molar refractivity (Wildman–Crippen MR) is 120 cm³/mol. The fraction of sp³-hybridized carbons (Fsp3) is 0. The molecule has 0 spiro atoms. The number of rotatable bonds is 2. The average molecular weight is 401 g/mol. The molecule has 0 bridgehead atoms. The van der Waals surface area contributed by atoms with Crippen LogP contribution in [0.5, 0.6) is 0 Å². The monoisotopic (exact) mass is 401 g/mol. The van der Waals surface area contributed by atoms with E-state index >= 15 is 0 Å². The average Bonchev–Trinajstić information content (AvgIpc) is 3.46. The number of imidazole rings is 2. The highest BCUT2D eigenvalue weighted by atomic mass is 16.3. The molecule has 0 unspecified atom stereocenters. The van der Waals surface area contributed by atoms with E-state index in [1.807, 2.05) is 60.8 Å². The Balaban J connectivity index is 1.53. The lowest BCUT2D eigenvalue weighted by Gasteiger charge is -2.06. The minimum Gasteiger partial charge on any atom is -0.436 e. The molecular weight excluding hydrogens is 386 g/mol.